The molecule has 4 rings (SSSR count). The normalized spacial score (nSPS) is 11.0. The van der Waals surface area contributed by atoms with Crippen molar-refractivity contribution in [1.82, 2.24) is 0 Å². The van der Waals surface area contributed by atoms with E-state index < -0.39 is 0 Å². The molecule has 3 aromatic carbocycles. The molecule has 31 heavy (non-hydrogen) atoms. The third-order valence-corrected chi connectivity index (χ3v) is 4.15. The molecule has 0 spiro atoms. The minimum atomic E-state index is 0. The van der Waals surface area contributed by atoms with Gasteiger partial charge in [-0.25, -0.2) is 0 Å². The second-order valence-corrected chi connectivity index (χ2v) is 5.79. The summed E-state index contributed by atoms with van der Waals surface area (Å²) >= 11 is 0. The molecule has 0 heterocycles. The first-order valence-corrected chi connectivity index (χ1v) is 11.1. The van der Waals surface area contributed by atoms with Gasteiger partial charge >= 0.3 is 0 Å². The summed E-state index contributed by atoms with van der Waals surface area (Å²) in [4.78, 5) is 0. The van der Waals surface area contributed by atoms with Crippen LogP contribution in [0.5, 0.6) is 0 Å². The molecule has 0 unspecified atom stereocenters. The Balaban J connectivity index is 0.00000119. The smallest absolute Gasteiger partial charge is 0.0683 e. The third kappa shape index (κ3) is 8.88. The van der Waals surface area contributed by atoms with Gasteiger partial charge in [-0.05, 0) is 29.8 Å². The van der Waals surface area contributed by atoms with Crippen LogP contribution in [0, 0.1) is 6.08 Å². The van der Waals surface area contributed by atoms with Gasteiger partial charge in [0, 0.05) is 50.9 Å². The van der Waals surface area contributed by atoms with E-state index in [9.17, 15) is 0 Å². The Morgan fingerprint density at radius 2 is 0.839 bits per heavy atom. The molecule has 0 atom stereocenters. The van der Waals surface area contributed by atoms with E-state index in [1.807, 2.05) is 53.7 Å². The largest absolute Gasteiger partial charge is 0.131 e. The molecule has 0 amide bonds. The molecule has 157 valence electrons. The Hall–Kier alpha value is -2.11. The minimum Gasteiger partial charge on any atom is -0.0683 e. The van der Waals surface area contributed by atoms with E-state index in [-0.39, 0.29) is 32.7 Å². The molecule has 1 aliphatic rings. The van der Waals surface area contributed by atoms with Crippen LogP contribution >= 0.6 is 0 Å². The Morgan fingerprint density at radius 1 is 0.452 bits per heavy atom. The van der Waals surface area contributed by atoms with Gasteiger partial charge in [-0.3, -0.25) is 0 Å². The molecule has 0 nitrogen and oxygen atoms in total. The van der Waals surface area contributed by atoms with Crippen molar-refractivity contribution in [1.29, 1.82) is 0 Å². The van der Waals surface area contributed by atoms with Crippen molar-refractivity contribution in [3.05, 3.63) is 126 Å². The molecular weight excluding hydrogens is 449 g/mol. The number of allylic oxidation sites excluding steroid dienone is 6. The Kier molecular flexibility index (Phi) is 16.4. The number of hydrogen-bond donors (Lipinski definition) is 0. The average molecular weight is 485 g/mol. The van der Waals surface area contributed by atoms with Gasteiger partial charge in [0.25, 0.3) is 0 Å². The first kappa shape index (κ1) is 28.9. The maximum absolute atomic E-state index is 3.59. The molecule has 1 heteroatoms. The predicted octanol–water partition coefficient (Wildman–Crippen LogP) is 9.13. The average Bonchev–Trinajstić information content (AvgIpc) is 2.89. The number of rotatable bonds is 3. The molecule has 0 N–H and O–H groups in total. The molecule has 1 aliphatic carbocycles. The van der Waals surface area contributed by atoms with Crippen molar-refractivity contribution in [2.24, 2.45) is 0 Å². The molecule has 0 bridgehead atoms. The summed E-state index contributed by atoms with van der Waals surface area (Å²) in [5, 5.41) is 0. The van der Waals surface area contributed by atoms with Crippen LogP contribution in [-0.4, -0.2) is 0 Å². The standard InChI is InChI=1S/C24H17.3C2H6.Y/c1-4-10-19(11-5-1)22-16-23(20-12-6-2-7-13-20)18-24(17-22)21-14-8-3-9-15-21;3*1-2;/h1-17H;3*1-2H3;/q+1;;;;. The summed E-state index contributed by atoms with van der Waals surface area (Å²) in [6.07, 6.45) is 8.03. The van der Waals surface area contributed by atoms with Gasteiger partial charge in [0.1, 0.15) is 11.1 Å². The summed E-state index contributed by atoms with van der Waals surface area (Å²) in [7, 11) is 0. The van der Waals surface area contributed by atoms with Crippen molar-refractivity contribution in [3.8, 4) is 0 Å². The van der Waals surface area contributed by atoms with Gasteiger partial charge in [0.2, 0.25) is 0 Å². The van der Waals surface area contributed by atoms with Gasteiger partial charge in [0.15, 0.2) is 0 Å². The molecule has 0 saturated carbocycles. The van der Waals surface area contributed by atoms with E-state index in [0.29, 0.717) is 0 Å². The second-order valence-electron chi connectivity index (χ2n) is 5.79. The monoisotopic (exact) mass is 484 g/mol. The van der Waals surface area contributed by atoms with Crippen LogP contribution in [0.15, 0.2) is 103 Å². The van der Waals surface area contributed by atoms with E-state index in [2.05, 4.69) is 97.1 Å². The van der Waals surface area contributed by atoms with Crippen LogP contribution in [0.25, 0.3) is 16.7 Å². The molecular formula is C30H35Y+. The molecule has 0 saturated heterocycles. The summed E-state index contributed by atoms with van der Waals surface area (Å²) < 4.78 is 0. The van der Waals surface area contributed by atoms with Gasteiger partial charge in [-0.2, -0.15) is 0 Å². The van der Waals surface area contributed by atoms with E-state index >= 15 is 0 Å². The fourth-order valence-corrected chi connectivity index (χ4v) is 2.91. The van der Waals surface area contributed by atoms with Crippen molar-refractivity contribution in [2.45, 2.75) is 41.5 Å². The van der Waals surface area contributed by atoms with Crippen LogP contribution in [0.3, 0.4) is 0 Å². The van der Waals surface area contributed by atoms with Gasteiger partial charge < -0.3 is 0 Å². The van der Waals surface area contributed by atoms with Gasteiger partial charge in [-0.1, -0.05) is 108 Å². The van der Waals surface area contributed by atoms with E-state index in [0.717, 1.165) is 11.1 Å². The Labute approximate surface area is 215 Å². The fourth-order valence-electron chi connectivity index (χ4n) is 2.91. The number of hydrogen-bond acceptors (Lipinski definition) is 0. The van der Waals surface area contributed by atoms with Crippen molar-refractivity contribution in [2.75, 3.05) is 0 Å². The Bertz CT molecular complexity index is 782. The first-order chi connectivity index (χ1) is 14.9. The zero-order valence-corrected chi connectivity index (χ0v) is 22.7. The molecule has 3 aromatic rings. The summed E-state index contributed by atoms with van der Waals surface area (Å²) in [6.45, 7) is 12.0. The van der Waals surface area contributed by atoms with Crippen LogP contribution in [0.4, 0.5) is 0 Å². The third-order valence-electron chi connectivity index (χ3n) is 4.15. The molecule has 0 aliphatic heterocycles. The maximum atomic E-state index is 3.59. The van der Waals surface area contributed by atoms with Gasteiger partial charge in [-0.15, -0.1) is 0 Å². The van der Waals surface area contributed by atoms with Crippen LogP contribution in [0.1, 0.15) is 58.2 Å². The topological polar surface area (TPSA) is 0 Å². The molecule has 1 radical (unpaired) electrons. The van der Waals surface area contributed by atoms with Crippen LogP contribution < -0.4 is 0 Å². The summed E-state index contributed by atoms with van der Waals surface area (Å²) in [5.41, 5.74) is 7.06. The zero-order chi connectivity index (χ0) is 22.2. The summed E-state index contributed by atoms with van der Waals surface area (Å²) in [5.74, 6) is 0. The SMILES string of the molecule is CC.CC.CC.[C+]1=C(c2ccccc2)C=C(c2ccccc2)C=C1c1ccccc1.[Y]. The summed E-state index contributed by atoms with van der Waals surface area (Å²) in [6, 6.07) is 31.4. The quantitative estimate of drug-likeness (QED) is 0.325. The zero-order valence-electron chi connectivity index (χ0n) is 19.9. The molecule has 0 aromatic heterocycles. The molecule has 0 fully saturated rings. The van der Waals surface area contributed by atoms with Crippen LogP contribution in [0.2, 0.25) is 0 Å². The first-order valence-electron chi connectivity index (χ1n) is 11.1. The number of benzene rings is 3. The fraction of sp³-hybridized carbons (Fsp3) is 0.200. The minimum absolute atomic E-state index is 0. The van der Waals surface area contributed by atoms with E-state index in [4.69, 9.17) is 0 Å². The second kappa shape index (κ2) is 17.6. The predicted molar refractivity (Wildman–Crippen MR) is 136 cm³/mol. The van der Waals surface area contributed by atoms with E-state index in [1.165, 1.54) is 22.3 Å². The van der Waals surface area contributed by atoms with Crippen molar-refractivity contribution in [3.63, 3.8) is 0 Å². The van der Waals surface area contributed by atoms with Crippen molar-refractivity contribution >= 4 is 16.7 Å². The van der Waals surface area contributed by atoms with E-state index in [1.54, 1.807) is 0 Å². The van der Waals surface area contributed by atoms with Gasteiger partial charge in [0.05, 0.1) is 16.7 Å². The van der Waals surface area contributed by atoms with Crippen LogP contribution in [-0.2, 0) is 32.7 Å². The maximum Gasteiger partial charge on any atom is 0.131 e. The van der Waals surface area contributed by atoms with Crippen molar-refractivity contribution < 1.29 is 32.7 Å². The Morgan fingerprint density at radius 3 is 1.29 bits per heavy atom.